The van der Waals surface area contributed by atoms with Crippen molar-refractivity contribution in [3.8, 4) is 0 Å². The molecule has 0 aliphatic carbocycles. The van der Waals surface area contributed by atoms with Crippen molar-refractivity contribution in [2.75, 3.05) is 19.0 Å². The third-order valence-electron chi connectivity index (χ3n) is 3.77. The number of aromatic amines is 1. The number of nitrogens with one attached hydrogen (secondary N) is 1. The zero-order valence-electron chi connectivity index (χ0n) is 15.6. The van der Waals surface area contributed by atoms with Gasteiger partial charge in [0.25, 0.3) is 5.56 Å². The molecule has 0 saturated heterocycles. The van der Waals surface area contributed by atoms with Crippen LogP contribution in [0.15, 0.2) is 40.2 Å². The fraction of sp³-hybridized carbons (Fsp3) is 0.167. The van der Waals surface area contributed by atoms with Crippen molar-refractivity contribution in [2.45, 2.75) is 6.54 Å². The van der Waals surface area contributed by atoms with Gasteiger partial charge in [-0.15, -0.1) is 0 Å². The number of amides is 1. The molecule has 2 heterocycles. The van der Waals surface area contributed by atoms with Crippen LogP contribution in [0, 0.1) is 0 Å². The summed E-state index contributed by atoms with van der Waals surface area (Å²) >= 11 is 0. The number of nitrogens with zero attached hydrogens (tertiary/aromatic N) is 6. The van der Waals surface area contributed by atoms with Gasteiger partial charge >= 0.3 is 5.97 Å². The number of rotatable bonds is 7. The van der Waals surface area contributed by atoms with Crippen LogP contribution in [-0.4, -0.2) is 62.8 Å². The molecular formula is C18H17N7O4. The van der Waals surface area contributed by atoms with E-state index >= 15 is 0 Å². The Morgan fingerprint density at radius 1 is 1.24 bits per heavy atom. The van der Waals surface area contributed by atoms with Gasteiger partial charge in [0.2, 0.25) is 12.4 Å². The molecule has 2 aromatic heterocycles. The van der Waals surface area contributed by atoms with Gasteiger partial charge in [-0.25, -0.2) is 19.8 Å². The Bertz CT molecular complexity index is 1140. The summed E-state index contributed by atoms with van der Waals surface area (Å²) in [4.78, 5) is 56.8. The van der Waals surface area contributed by atoms with Crippen molar-refractivity contribution in [3.63, 3.8) is 0 Å². The number of carbonyl (C=O) groups is 2. The number of aromatic carboxylic acids is 1. The third-order valence-corrected chi connectivity index (χ3v) is 3.77. The first-order chi connectivity index (χ1) is 13.9. The molecule has 3 aromatic rings. The predicted octanol–water partition coefficient (Wildman–Crippen LogP) is 0.796. The second-order valence-corrected chi connectivity index (χ2v) is 6.22. The van der Waals surface area contributed by atoms with Crippen molar-refractivity contribution in [1.82, 2.24) is 24.8 Å². The summed E-state index contributed by atoms with van der Waals surface area (Å²) < 4.78 is 0. The van der Waals surface area contributed by atoms with Gasteiger partial charge < -0.3 is 14.9 Å². The number of hydrogen-bond acceptors (Lipinski definition) is 7. The molecule has 1 aromatic carbocycles. The topological polar surface area (TPSA) is 145 Å². The van der Waals surface area contributed by atoms with Crippen LogP contribution in [0.25, 0.3) is 11.2 Å². The molecule has 11 heteroatoms. The van der Waals surface area contributed by atoms with Crippen molar-refractivity contribution in [2.24, 2.45) is 4.99 Å². The van der Waals surface area contributed by atoms with E-state index in [-0.39, 0.29) is 29.2 Å². The summed E-state index contributed by atoms with van der Waals surface area (Å²) in [6.45, 7) is 0.0405. The average molecular weight is 395 g/mol. The molecule has 0 aliphatic rings. The van der Waals surface area contributed by atoms with Gasteiger partial charge in [0.1, 0.15) is 0 Å². The Morgan fingerprint density at radius 2 is 1.97 bits per heavy atom. The molecule has 29 heavy (non-hydrogen) atoms. The summed E-state index contributed by atoms with van der Waals surface area (Å²) in [5.74, 6) is -0.957. The fourth-order valence-electron chi connectivity index (χ4n) is 2.41. The Labute approximate surface area is 164 Å². The van der Waals surface area contributed by atoms with E-state index in [0.29, 0.717) is 17.8 Å². The smallest absolute Gasteiger partial charge is 0.335 e. The van der Waals surface area contributed by atoms with E-state index in [4.69, 9.17) is 5.11 Å². The van der Waals surface area contributed by atoms with Crippen LogP contribution in [0.1, 0.15) is 16.1 Å². The van der Waals surface area contributed by atoms with Gasteiger partial charge in [0, 0.05) is 19.8 Å². The van der Waals surface area contributed by atoms with E-state index in [1.54, 1.807) is 19.0 Å². The number of hydrogen-bond donors (Lipinski definition) is 2. The van der Waals surface area contributed by atoms with E-state index in [1.165, 1.54) is 41.7 Å². The molecule has 3 rings (SSSR count). The molecule has 0 radical (unpaired) electrons. The second-order valence-electron chi connectivity index (χ2n) is 6.22. The highest BCUT2D eigenvalue weighted by molar-refractivity contribution is 5.88. The zero-order chi connectivity index (χ0) is 21.0. The molecule has 148 valence electrons. The minimum absolute atomic E-state index is 0.0263. The molecule has 11 nitrogen and oxygen atoms in total. The van der Waals surface area contributed by atoms with Gasteiger partial charge in [0.15, 0.2) is 11.2 Å². The van der Waals surface area contributed by atoms with E-state index in [9.17, 15) is 14.4 Å². The van der Waals surface area contributed by atoms with Crippen LogP contribution in [0.3, 0.4) is 0 Å². The molecular weight excluding hydrogens is 378 g/mol. The van der Waals surface area contributed by atoms with Crippen LogP contribution in [0.4, 0.5) is 11.6 Å². The molecule has 0 atom stereocenters. The van der Waals surface area contributed by atoms with Gasteiger partial charge in [-0.1, -0.05) is 0 Å². The average Bonchev–Trinajstić information content (AvgIpc) is 2.71. The van der Waals surface area contributed by atoms with Crippen molar-refractivity contribution < 1.29 is 14.7 Å². The highest BCUT2D eigenvalue weighted by Crippen LogP contribution is 2.17. The Balaban J connectivity index is 1.88. The molecule has 2 N–H and O–H groups in total. The highest BCUT2D eigenvalue weighted by Gasteiger charge is 2.12. The molecule has 0 fully saturated rings. The number of carbonyl (C=O) groups excluding carboxylic acids is 1. The Morgan fingerprint density at radius 3 is 2.59 bits per heavy atom. The highest BCUT2D eigenvalue weighted by atomic mass is 16.4. The SMILES string of the molecule is CN(C)C=Nc1nc2ncc(CN(C=O)c3ccc(C(=O)O)cc3)nc2c(=O)[nH]1. The van der Waals surface area contributed by atoms with E-state index in [2.05, 4.69) is 24.9 Å². The quantitative estimate of drug-likeness (QED) is 0.339. The minimum Gasteiger partial charge on any atom is -0.478 e. The summed E-state index contributed by atoms with van der Waals surface area (Å²) in [6.07, 6.45) is 3.49. The number of fused-ring (bicyclic) bond motifs is 1. The number of anilines is 1. The molecule has 0 spiro atoms. The Kier molecular flexibility index (Phi) is 5.58. The predicted molar refractivity (Wildman–Crippen MR) is 105 cm³/mol. The lowest BCUT2D eigenvalue weighted by molar-refractivity contribution is -0.107. The molecule has 0 bridgehead atoms. The molecule has 0 unspecified atom stereocenters. The van der Waals surface area contributed by atoms with Gasteiger partial charge in [-0.2, -0.15) is 4.98 Å². The lowest BCUT2D eigenvalue weighted by Gasteiger charge is -2.17. The first kappa shape index (κ1) is 19.6. The lowest BCUT2D eigenvalue weighted by Crippen LogP contribution is -2.22. The third kappa shape index (κ3) is 4.58. The van der Waals surface area contributed by atoms with Crippen LogP contribution < -0.4 is 10.5 Å². The second kappa shape index (κ2) is 8.25. The lowest BCUT2D eigenvalue weighted by atomic mass is 10.2. The van der Waals surface area contributed by atoms with Gasteiger partial charge in [0.05, 0.1) is 30.3 Å². The maximum atomic E-state index is 12.3. The number of aromatic nitrogens is 4. The van der Waals surface area contributed by atoms with Crippen molar-refractivity contribution in [3.05, 3.63) is 52.1 Å². The summed E-state index contributed by atoms with van der Waals surface area (Å²) in [5.41, 5.74) is 0.607. The van der Waals surface area contributed by atoms with E-state index < -0.39 is 11.5 Å². The normalized spacial score (nSPS) is 11.0. The summed E-state index contributed by atoms with van der Waals surface area (Å²) in [6, 6.07) is 5.81. The minimum atomic E-state index is -1.06. The zero-order valence-corrected chi connectivity index (χ0v) is 15.6. The largest absolute Gasteiger partial charge is 0.478 e. The van der Waals surface area contributed by atoms with Crippen molar-refractivity contribution in [1.29, 1.82) is 0 Å². The van der Waals surface area contributed by atoms with Gasteiger partial charge in [-0.05, 0) is 24.3 Å². The summed E-state index contributed by atoms with van der Waals surface area (Å²) in [7, 11) is 3.56. The maximum absolute atomic E-state index is 12.3. The first-order valence-electron chi connectivity index (χ1n) is 8.39. The first-order valence-corrected chi connectivity index (χ1v) is 8.39. The van der Waals surface area contributed by atoms with Crippen LogP contribution in [0.2, 0.25) is 0 Å². The number of H-pyrrole nitrogens is 1. The van der Waals surface area contributed by atoms with E-state index in [1.807, 2.05) is 0 Å². The van der Waals surface area contributed by atoms with E-state index in [0.717, 1.165) is 0 Å². The number of carboxylic acid groups (broad SMARTS) is 1. The molecule has 0 saturated carbocycles. The monoisotopic (exact) mass is 395 g/mol. The van der Waals surface area contributed by atoms with Crippen LogP contribution in [-0.2, 0) is 11.3 Å². The number of carboxylic acids is 1. The van der Waals surface area contributed by atoms with Crippen LogP contribution >= 0.6 is 0 Å². The van der Waals surface area contributed by atoms with Crippen LogP contribution in [0.5, 0.6) is 0 Å². The number of benzene rings is 1. The molecule has 1 amide bonds. The Hall–Kier alpha value is -4.15. The molecule has 0 aliphatic heterocycles. The fourth-order valence-corrected chi connectivity index (χ4v) is 2.41. The maximum Gasteiger partial charge on any atom is 0.335 e. The van der Waals surface area contributed by atoms with Crippen molar-refractivity contribution >= 4 is 41.5 Å². The number of aliphatic imine (C=N–C) groups is 1. The van der Waals surface area contributed by atoms with Gasteiger partial charge in [-0.3, -0.25) is 14.6 Å². The standard InChI is InChI=1S/C18H17N7O4/c1-24(2)9-20-18-22-15-14(16(27)23-18)21-12(7-19-15)8-25(10-26)13-5-3-11(4-6-13)17(28)29/h3-7,9-10H,8H2,1-2H3,(H,28,29)(H,19,22,23,27). The summed E-state index contributed by atoms with van der Waals surface area (Å²) in [5, 5.41) is 8.96.